The topological polar surface area (TPSA) is 91.6 Å². The lowest BCUT2D eigenvalue weighted by molar-refractivity contribution is 0.190. The Balaban J connectivity index is 2.50. The number of methoxy groups -OCH3 is 1. The zero-order valence-corrected chi connectivity index (χ0v) is 16.7. The maximum Gasteiger partial charge on any atom is 0.315 e. The third-order valence-corrected chi connectivity index (χ3v) is 4.38. The molecule has 5 N–H and O–H groups in total. The summed E-state index contributed by atoms with van der Waals surface area (Å²) in [7, 11) is 1.73. The predicted octanol–water partition coefficient (Wildman–Crippen LogP) is 0.748. The number of nitrogens with one attached hydrogen (secondary N) is 3. The second kappa shape index (κ2) is 11.0. The summed E-state index contributed by atoms with van der Waals surface area (Å²) in [6.45, 7) is 13.3. The fraction of sp³-hybridized carbons (Fsp3) is 0.944. The molecule has 0 aromatic carbocycles. The molecule has 2 amide bonds. The Hall–Kier alpha value is -0.890. The minimum Gasteiger partial charge on any atom is -0.385 e. The van der Waals surface area contributed by atoms with Crippen LogP contribution < -0.4 is 21.7 Å². The van der Waals surface area contributed by atoms with Gasteiger partial charge in [0.15, 0.2) is 0 Å². The number of urea groups is 1. The van der Waals surface area contributed by atoms with Gasteiger partial charge in [0.1, 0.15) is 0 Å². The number of hydrogen-bond acceptors (Lipinski definition) is 5. The molecule has 3 atom stereocenters. The maximum absolute atomic E-state index is 12.1. The van der Waals surface area contributed by atoms with Crippen LogP contribution in [0, 0.1) is 5.92 Å². The summed E-state index contributed by atoms with van der Waals surface area (Å²) in [6.07, 6.45) is 1.98. The quantitative estimate of drug-likeness (QED) is 0.433. The van der Waals surface area contributed by atoms with Gasteiger partial charge in [-0.25, -0.2) is 4.79 Å². The Morgan fingerprint density at radius 3 is 2.72 bits per heavy atom. The number of rotatable bonds is 10. The fourth-order valence-corrected chi connectivity index (χ4v) is 3.17. The number of nitrogens with zero attached hydrogens (tertiary/aromatic N) is 1. The molecule has 0 aromatic heterocycles. The van der Waals surface area contributed by atoms with Crippen molar-refractivity contribution in [1.29, 1.82) is 0 Å². The van der Waals surface area contributed by atoms with E-state index in [0.717, 1.165) is 45.6 Å². The average molecular weight is 358 g/mol. The molecule has 1 fully saturated rings. The van der Waals surface area contributed by atoms with Crippen molar-refractivity contribution in [2.75, 3.05) is 46.4 Å². The third-order valence-electron chi connectivity index (χ3n) is 4.38. The molecule has 1 rings (SSSR count). The van der Waals surface area contributed by atoms with Gasteiger partial charge in [0.05, 0.1) is 0 Å². The highest BCUT2D eigenvalue weighted by molar-refractivity contribution is 5.75. The molecule has 1 aliphatic rings. The predicted molar refractivity (Wildman–Crippen MR) is 103 cm³/mol. The molecule has 7 nitrogen and oxygen atoms in total. The van der Waals surface area contributed by atoms with Crippen LogP contribution in [0.1, 0.15) is 40.5 Å². The number of likely N-dealkylation sites (tertiary alicyclic amines) is 1. The molecule has 0 unspecified atom stereocenters. The van der Waals surface area contributed by atoms with Crippen LogP contribution in [0.15, 0.2) is 0 Å². The first-order valence-electron chi connectivity index (χ1n) is 9.47. The standard InChI is InChI=1S/C18H39N5O2/c1-14(10-19)12-23-13-15(21-17(24)22-18(2,3)4)9-16(23)11-20-7-6-8-25-5/h14-16,20H,6-13,19H2,1-5H3,(H2,21,22,24)/t14-,15+,16-/m0/s1. The zero-order chi connectivity index (χ0) is 18.9. The van der Waals surface area contributed by atoms with E-state index in [1.54, 1.807) is 7.11 Å². The second-order valence-electron chi connectivity index (χ2n) is 8.28. The first kappa shape index (κ1) is 22.2. The number of carbonyl (C=O) groups is 1. The Kier molecular flexibility index (Phi) is 9.71. The van der Waals surface area contributed by atoms with Crippen LogP contribution in [-0.4, -0.2) is 75.0 Å². The van der Waals surface area contributed by atoms with Gasteiger partial charge in [-0.3, -0.25) is 4.90 Å². The minimum atomic E-state index is -0.223. The average Bonchev–Trinajstić information content (AvgIpc) is 2.86. The van der Waals surface area contributed by atoms with Gasteiger partial charge < -0.3 is 26.4 Å². The molecule has 0 bridgehead atoms. The molecule has 0 aliphatic carbocycles. The van der Waals surface area contributed by atoms with Crippen molar-refractivity contribution in [2.24, 2.45) is 11.7 Å². The Morgan fingerprint density at radius 1 is 1.40 bits per heavy atom. The van der Waals surface area contributed by atoms with E-state index in [1.807, 2.05) is 20.8 Å². The Morgan fingerprint density at radius 2 is 2.12 bits per heavy atom. The van der Waals surface area contributed by atoms with Crippen molar-refractivity contribution in [3.8, 4) is 0 Å². The maximum atomic E-state index is 12.1. The van der Waals surface area contributed by atoms with E-state index in [1.165, 1.54) is 0 Å². The van der Waals surface area contributed by atoms with Gasteiger partial charge in [0, 0.05) is 51.0 Å². The summed E-state index contributed by atoms with van der Waals surface area (Å²) in [5.41, 5.74) is 5.58. The summed E-state index contributed by atoms with van der Waals surface area (Å²) in [6, 6.07) is 0.521. The monoisotopic (exact) mass is 357 g/mol. The van der Waals surface area contributed by atoms with Crippen LogP contribution >= 0.6 is 0 Å². The van der Waals surface area contributed by atoms with E-state index in [9.17, 15) is 4.79 Å². The summed E-state index contributed by atoms with van der Waals surface area (Å²) in [4.78, 5) is 14.6. The van der Waals surface area contributed by atoms with E-state index in [-0.39, 0.29) is 17.6 Å². The molecular weight excluding hydrogens is 318 g/mol. The molecular formula is C18H39N5O2. The summed E-state index contributed by atoms with van der Waals surface area (Å²) >= 11 is 0. The largest absolute Gasteiger partial charge is 0.385 e. The van der Waals surface area contributed by atoms with Crippen molar-refractivity contribution in [2.45, 2.75) is 58.2 Å². The lowest BCUT2D eigenvalue weighted by atomic mass is 10.1. The Bertz CT molecular complexity index is 386. The number of hydrogen-bond donors (Lipinski definition) is 4. The summed E-state index contributed by atoms with van der Waals surface area (Å²) < 4.78 is 5.08. The lowest BCUT2D eigenvalue weighted by Crippen LogP contribution is -2.50. The molecule has 25 heavy (non-hydrogen) atoms. The van der Waals surface area contributed by atoms with Gasteiger partial charge in [-0.05, 0) is 52.6 Å². The molecule has 1 heterocycles. The van der Waals surface area contributed by atoms with E-state index >= 15 is 0 Å². The normalized spacial score (nSPS) is 22.8. The first-order valence-corrected chi connectivity index (χ1v) is 9.47. The molecule has 0 saturated carbocycles. The highest BCUT2D eigenvalue weighted by Crippen LogP contribution is 2.19. The highest BCUT2D eigenvalue weighted by Gasteiger charge is 2.33. The van der Waals surface area contributed by atoms with E-state index in [2.05, 4.69) is 27.8 Å². The number of nitrogens with two attached hydrogens (primary N) is 1. The van der Waals surface area contributed by atoms with Crippen molar-refractivity contribution in [3.63, 3.8) is 0 Å². The van der Waals surface area contributed by atoms with Gasteiger partial charge in [-0.2, -0.15) is 0 Å². The van der Waals surface area contributed by atoms with Crippen LogP contribution in [0.3, 0.4) is 0 Å². The second-order valence-corrected chi connectivity index (χ2v) is 8.28. The van der Waals surface area contributed by atoms with Crippen molar-refractivity contribution in [3.05, 3.63) is 0 Å². The lowest BCUT2D eigenvalue weighted by Gasteiger charge is -2.27. The number of amides is 2. The van der Waals surface area contributed by atoms with E-state index < -0.39 is 0 Å². The minimum absolute atomic E-state index is 0.0852. The van der Waals surface area contributed by atoms with Crippen molar-refractivity contribution in [1.82, 2.24) is 20.9 Å². The number of carbonyl (C=O) groups excluding carboxylic acids is 1. The van der Waals surface area contributed by atoms with Gasteiger partial charge in [-0.15, -0.1) is 0 Å². The highest BCUT2D eigenvalue weighted by atomic mass is 16.5. The van der Waals surface area contributed by atoms with Crippen molar-refractivity contribution >= 4 is 6.03 Å². The molecule has 0 aromatic rings. The smallest absolute Gasteiger partial charge is 0.315 e. The third kappa shape index (κ3) is 9.39. The molecule has 1 saturated heterocycles. The molecule has 0 radical (unpaired) electrons. The molecule has 7 heteroatoms. The van der Waals surface area contributed by atoms with Crippen LogP contribution in [-0.2, 0) is 4.74 Å². The van der Waals surface area contributed by atoms with Gasteiger partial charge >= 0.3 is 6.03 Å². The summed E-state index contributed by atoms with van der Waals surface area (Å²) in [5, 5.41) is 9.62. The van der Waals surface area contributed by atoms with Crippen LogP contribution in [0.25, 0.3) is 0 Å². The van der Waals surface area contributed by atoms with Crippen LogP contribution in [0.2, 0.25) is 0 Å². The van der Waals surface area contributed by atoms with Gasteiger partial charge in [-0.1, -0.05) is 6.92 Å². The van der Waals surface area contributed by atoms with E-state index in [0.29, 0.717) is 18.5 Å². The van der Waals surface area contributed by atoms with E-state index in [4.69, 9.17) is 10.5 Å². The van der Waals surface area contributed by atoms with Crippen molar-refractivity contribution < 1.29 is 9.53 Å². The molecule has 0 spiro atoms. The Labute approximate surface area is 153 Å². The van der Waals surface area contributed by atoms with Gasteiger partial charge in [0.25, 0.3) is 0 Å². The van der Waals surface area contributed by atoms with Crippen LogP contribution in [0.5, 0.6) is 0 Å². The van der Waals surface area contributed by atoms with Crippen LogP contribution in [0.4, 0.5) is 4.79 Å². The zero-order valence-electron chi connectivity index (χ0n) is 16.7. The van der Waals surface area contributed by atoms with Gasteiger partial charge in [0.2, 0.25) is 0 Å². The first-order chi connectivity index (χ1) is 11.7. The summed E-state index contributed by atoms with van der Waals surface area (Å²) in [5.74, 6) is 0.457. The SMILES string of the molecule is COCCCNC[C@@H]1C[C@@H](NC(=O)NC(C)(C)C)CN1C[C@@H](C)CN. The fourth-order valence-electron chi connectivity index (χ4n) is 3.17. The number of ether oxygens (including phenoxy) is 1. The molecule has 148 valence electrons. The molecule has 1 aliphatic heterocycles.